The molecule has 0 aliphatic heterocycles. The Morgan fingerprint density at radius 1 is 0.571 bits per heavy atom. The second kappa shape index (κ2) is 34.1. The van der Waals surface area contributed by atoms with Crippen LogP contribution in [0.1, 0.15) is 162 Å². The van der Waals surface area contributed by atoms with Crippen molar-refractivity contribution in [2.24, 2.45) is 0 Å². The van der Waals surface area contributed by atoms with Gasteiger partial charge in [-0.25, -0.2) is 4.57 Å². The van der Waals surface area contributed by atoms with Gasteiger partial charge in [-0.1, -0.05) is 127 Å². The number of phosphoric ester groups is 1. The fourth-order valence-corrected chi connectivity index (χ4v) is 5.29. The Morgan fingerprint density at radius 2 is 1.02 bits per heavy atom. The van der Waals surface area contributed by atoms with Crippen molar-refractivity contribution in [1.29, 1.82) is 0 Å². The maximum Gasteiger partial charge on any atom is 0.469 e. The summed E-state index contributed by atoms with van der Waals surface area (Å²) in [6, 6.07) is 0. The van der Waals surface area contributed by atoms with E-state index in [1.165, 1.54) is 25.7 Å². The predicted octanol–water partition coefficient (Wildman–Crippen LogP) is 10.4. The van der Waals surface area contributed by atoms with Crippen molar-refractivity contribution in [2.75, 3.05) is 13.2 Å². The minimum Gasteiger partial charge on any atom is -0.462 e. The van der Waals surface area contributed by atoms with E-state index in [4.69, 9.17) is 19.3 Å². The Morgan fingerprint density at radius 3 is 1.57 bits per heavy atom. The zero-order chi connectivity index (χ0) is 36.3. The first-order valence-corrected chi connectivity index (χ1v) is 20.4. The van der Waals surface area contributed by atoms with Crippen molar-refractivity contribution in [1.82, 2.24) is 0 Å². The quantitative estimate of drug-likeness (QED) is 0.0220. The maximum atomic E-state index is 12.3. The maximum absolute atomic E-state index is 12.3. The largest absolute Gasteiger partial charge is 0.469 e. The molecule has 0 amide bonds. The summed E-state index contributed by atoms with van der Waals surface area (Å²) in [6.45, 7) is 3.45. The smallest absolute Gasteiger partial charge is 0.462 e. The molecule has 0 aromatic carbocycles. The molecule has 0 bridgehead atoms. The zero-order valence-corrected chi connectivity index (χ0v) is 31.5. The van der Waals surface area contributed by atoms with Crippen molar-refractivity contribution in [3.63, 3.8) is 0 Å². The van der Waals surface area contributed by atoms with Crippen LogP contribution in [0.5, 0.6) is 0 Å². The molecule has 282 valence electrons. The highest BCUT2D eigenvalue weighted by atomic mass is 31.2. The molecule has 0 fully saturated rings. The van der Waals surface area contributed by atoms with E-state index in [1.807, 2.05) is 12.2 Å². The number of esters is 2. The number of rotatable bonds is 34. The third kappa shape index (κ3) is 36.8. The van der Waals surface area contributed by atoms with Crippen molar-refractivity contribution in [3.05, 3.63) is 48.6 Å². The standard InChI is InChI=1S/C39H67O9P/c1-3-5-7-8-9-10-11-12-13-14-15-18-22-25-29-33-39(42)48-37(35-47-49(43,44)45)34-46-38(41)32-28-24-21-19-16-17-20-23-27-31-36(40)30-26-6-4-2/h10-13,20,23,27,31,37H,3-9,14-19,21-22,24-26,28-30,32-35H2,1-2H3,(H2,43,44,45)/b11-10-,13-12-,23-20-,31-27+/t37-/m1/s1. The molecule has 0 saturated carbocycles. The van der Waals surface area contributed by atoms with Gasteiger partial charge in [-0.05, 0) is 63.9 Å². The molecule has 9 nitrogen and oxygen atoms in total. The Kier molecular flexibility index (Phi) is 32.5. The summed E-state index contributed by atoms with van der Waals surface area (Å²) < 4.78 is 26.2. The van der Waals surface area contributed by atoms with Gasteiger partial charge in [-0.3, -0.25) is 18.9 Å². The lowest BCUT2D eigenvalue weighted by Crippen LogP contribution is -2.29. The Balaban J connectivity index is 4.08. The van der Waals surface area contributed by atoms with Crippen LogP contribution in [0.15, 0.2) is 48.6 Å². The van der Waals surface area contributed by atoms with Crippen LogP contribution in [0.4, 0.5) is 0 Å². The van der Waals surface area contributed by atoms with Gasteiger partial charge in [0.25, 0.3) is 0 Å². The van der Waals surface area contributed by atoms with Gasteiger partial charge in [0.15, 0.2) is 11.9 Å². The first kappa shape index (κ1) is 46.7. The third-order valence-corrected chi connectivity index (χ3v) is 8.31. The number of ketones is 1. The Bertz CT molecular complexity index is 996. The number of hydrogen-bond donors (Lipinski definition) is 2. The molecule has 1 atom stereocenters. The van der Waals surface area contributed by atoms with E-state index in [1.54, 1.807) is 6.08 Å². The van der Waals surface area contributed by atoms with Crippen molar-refractivity contribution < 1.29 is 42.7 Å². The molecule has 0 saturated heterocycles. The molecule has 0 rings (SSSR count). The van der Waals surface area contributed by atoms with Crippen LogP contribution >= 0.6 is 7.82 Å². The summed E-state index contributed by atoms with van der Waals surface area (Å²) in [6.07, 6.45) is 36.6. The van der Waals surface area contributed by atoms with Gasteiger partial charge in [0.1, 0.15) is 6.61 Å². The van der Waals surface area contributed by atoms with Crippen LogP contribution in [0.2, 0.25) is 0 Å². The first-order valence-electron chi connectivity index (χ1n) is 18.9. The molecule has 0 aliphatic rings. The van der Waals surface area contributed by atoms with E-state index >= 15 is 0 Å². The molecule has 0 unspecified atom stereocenters. The molecular formula is C39H67O9P. The monoisotopic (exact) mass is 710 g/mol. The Hall–Kier alpha value is -2.32. The molecule has 0 radical (unpaired) electrons. The van der Waals surface area contributed by atoms with Gasteiger partial charge in [-0.15, -0.1) is 0 Å². The third-order valence-electron chi connectivity index (χ3n) is 7.82. The van der Waals surface area contributed by atoms with E-state index in [0.717, 1.165) is 89.9 Å². The lowest BCUT2D eigenvalue weighted by atomic mass is 10.1. The summed E-state index contributed by atoms with van der Waals surface area (Å²) in [4.78, 5) is 54.4. The molecule has 0 heterocycles. The number of hydrogen-bond acceptors (Lipinski definition) is 7. The van der Waals surface area contributed by atoms with Gasteiger partial charge in [0.05, 0.1) is 6.61 Å². The van der Waals surface area contributed by atoms with Crippen LogP contribution in [-0.4, -0.2) is 46.8 Å². The van der Waals surface area contributed by atoms with Gasteiger partial charge >= 0.3 is 19.8 Å². The summed E-state index contributed by atoms with van der Waals surface area (Å²) in [5, 5.41) is 0. The highest BCUT2D eigenvalue weighted by molar-refractivity contribution is 7.46. The van der Waals surface area contributed by atoms with Crippen LogP contribution in [-0.2, 0) is 32.9 Å². The van der Waals surface area contributed by atoms with E-state index < -0.39 is 32.5 Å². The minimum absolute atomic E-state index is 0.172. The highest BCUT2D eigenvalue weighted by Gasteiger charge is 2.22. The molecule has 2 N–H and O–H groups in total. The van der Waals surface area contributed by atoms with E-state index in [0.29, 0.717) is 19.3 Å². The second-order valence-electron chi connectivity index (χ2n) is 12.6. The van der Waals surface area contributed by atoms with E-state index in [2.05, 4.69) is 48.8 Å². The fraction of sp³-hybridized carbons (Fsp3) is 0.718. The van der Waals surface area contributed by atoms with E-state index in [9.17, 15) is 18.9 Å². The Labute approximate surface area is 297 Å². The molecule has 0 aromatic heterocycles. The van der Waals surface area contributed by atoms with Crippen LogP contribution in [0.25, 0.3) is 0 Å². The average Bonchev–Trinajstić information content (AvgIpc) is 3.06. The predicted molar refractivity (Wildman–Crippen MR) is 198 cm³/mol. The molecular weight excluding hydrogens is 643 g/mol. The number of phosphoric acid groups is 1. The topological polar surface area (TPSA) is 136 Å². The minimum atomic E-state index is -4.77. The van der Waals surface area contributed by atoms with E-state index in [-0.39, 0.29) is 25.2 Å². The number of carbonyl (C=O) groups is 3. The molecule has 0 aliphatic carbocycles. The van der Waals surface area contributed by atoms with Crippen LogP contribution in [0.3, 0.4) is 0 Å². The first-order chi connectivity index (χ1) is 23.7. The molecule has 49 heavy (non-hydrogen) atoms. The van der Waals surface area contributed by atoms with Crippen molar-refractivity contribution in [3.8, 4) is 0 Å². The summed E-state index contributed by atoms with van der Waals surface area (Å²) in [7, 11) is -4.77. The van der Waals surface area contributed by atoms with Crippen LogP contribution < -0.4 is 0 Å². The molecule has 0 aromatic rings. The lowest BCUT2D eigenvalue weighted by Gasteiger charge is -2.18. The summed E-state index contributed by atoms with van der Waals surface area (Å²) >= 11 is 0. The normalized spacial score (nSPS) is 12.9. The van der Waals surface area contributed by atoms with Crippen LogP contribution in [0, 0.1) is 0 Å². The van der Waals surface area contributed by atoms with Gasteiger partial charge in [0.2, 0.25) is 0 Å². The lowest BCUT2D eigenvalue weighted by molar-refractivity contribution is -0.161. The van der Waals surface area contributed by atoms with Gasteiger partial charge < -0.3 is 19.3 Å². The number of carbonyl (C=O) groups excluding carboxylic acids is 3. The fourth-order valence-electron chi connectivity index (χ4n) is 4.93. The molecule has 0 spiro atoms. The molecule has 10 heteroatoms. The highest BCUT2D eigenvalue weighted by Crippen LogP contribution is 2.36. The average molecular weight is 711 g/mol. The second-order valence-corrected chi connectivity index (χ2v) is 13.8. The summed E-state index contributed by atoms with van der Waals surface area (Å²) in [5.74, 6) is -0.795. The number of ether oxygens (including phenoxy) is 2. The SMILES string of the molecule is CCCCCC/C=C\C=C/CCCCCCCC(=O)O[C@H](COC(=O)CCCCCCC/C=C\C=C\C(=O)CCCCC)COP(=O)(O)O. The number of unbranched alkanes of at least 4 members (excludes halogenated alkanes) is 16. The number of allylic oxidation sites excluding steroid dienone is 8. The van der Waals surface area contributed by atoms with Gasteiger partial charge in [0, 0.05) is 19.3 Å². The van der Waals surface area contributed by atoms with Gasteiger partial charge in [-0.2, -0.15) is 0 Å². The summed E-state index contributed by atoms with van der Waals surface area (Å²) in [5.41, 5.74) is 0. The van der Waals surface area contributed by atoms with Crippen molar-refractivity contribution in [2.45, 2.75) is 168 Å². The zero-order valence-electron chi connectivity index (χ0n) is 30.6. The van der Waals surface area contributed by atoms with Crippen molar-refractivity contribution >= 4 is 25.5 Å².